The van der Waals surface area contributed by atoms with Crippen molar-refractivity contribution in [1.82, 2.24) is 9.97 Å². The molecule has 0 aromatic carbocycles. The number of anilines is 1. The lowest BCUT2D eigenvalue weighted by Gasteiger charge is -2.17. The smallest absolute Gasteiger partial charge is 0.152 e. The van der Waals surface area contributed by atoms with E-state index >= 15 is 0 Å². The van der Waals surface area contributed by atoms with E-state index in [1.807, 2.05) is 19.9 Å². The summed E-state index contributed by atoms with van der Waals surface area (Å²) in [7, 11) is -2.89. The predicted octanol–water partition coefficient (Wildman–Crippen LogP) is 1.51. The lowest BCUT2D eigenvalue weighted by molar-refractivity contribution is 0.591. The average Bonchev–Trinajstić information content (AvgIpc) is 3.06. The minimum Gasteiger partial charge on any atom is -0.366 e. The monoisotopic (exact) mass is 281 g/mol. The number of sulfone groups is 1. The maximum absolute atomic E-state index is 11.6. The first kappa shape index (κ1) is 12.8. The minimum atomic E-state index is -2.89. The molecule has 0 spiro atoms. The van der Waals surface area contributed by atoms with Crippen LogP contribution in [-0.2, 0) is 9.84 Å². The third-order valence-corrected chi connectivity index (χ3v) is 5.69. The van der Waals surface area contributed by atoms with Crippen LogP contribution in [0.15, 0.2) is 6.07 Å². The van der Waals surface area contributed by atoms with Crippen molar-refractivity contribution in [2.75, 3.05) is 16.8 Å². The molecule has 1 N–H and O–H groups in total. The summed E-state index contributed by atoms with van der Waals surface area (Å²) in [6, 6.07) is 1.86. The Hall–Kier alpha value is -1.17. The molecule has 2 atom stereocenters. The second kappa shape index (κ2) is 4.44. The fraction of sp³-hybridized carbons (Fsp3) is 0.692. The van der Waals surface area contributed by atoms with Gasteiger partial charge in [-0.25, -0.2) is 18.4 Å². The van der Waals surface area contributed by atoms with Gasteiger partial charge >= 0.3 is 0 Å². The zero-order valence-corrected chi connectivity index (χ0v) is 12.1. The van der Waals surface area contributed by atoms with Gasteiger partial charge in [-0.05, 0) is 25.7 Å². The maximum atomic E-state index is 11.6. The van der Waals surface area contributed by atoms with Crippen molar-refractivity contribution < 1.29 is 8.42 Å². The molecule has 19 heavy (non-hydrogen) atoms. The molecule has 2 aliphatic rings. The van der Waals surface area contributed by atoms with E-state index in [4.69, 9.17) is 0 Å². The van der Waals surface area contributed by atoms with Gasteiger partial charge in [-0.3, -0.25) is 0 Å². The molecule has 2 fully saturated rings. The van der Waals surface area contributed by atoms with Crippen molar-refractivity contribution in [3.05, 3.63) is 17.6 Å². The first-order valence-corrected chi connectivity index (χ1v) is 8.57. The first-order valence-electron chi connectivity index (χ1n) is 6.75. The number of hydrogen-bond donors (Lipinski definition) is 1. The Kier molecular flexibility index (Phi) is 3.00. The van der Waals surface area contributed by atoms with Gasteiger partial charge in [0.05, 0.1) is 11.5 Å². The zero-order valence-electron chi connectivity index (χ0n) is 11.3. The van der Waals surface area contributed by atoms with Crippen LogP contribution < -0.4 is 5.32 Å². The lowest BCUT2D eigenvalue weighted by atomic mass is 10.1. The molecule has 3 rings (SSSR count). The Morgan fingerprint density at radius 2 is 2.00 bits per heavy atom. The summed E-state index contributed by atoms with van der Waals surface area (Å²) in [6.45, 7) is 3.92. The number of hydrogen-bond acceptors (Lipinski definition) is 5. The van der Waals surface area contributed by atoms with Gasteiger partial charge in [0.1, 0.15) is 11.6 Å². The molecule has 1 aromatic rings. The first-order chi connectivity index (χ1) is 8.93. The van der Waals surface area contributed by atoms with Gasteiger partial charge in [0, 0.05) is 23.7 Å². The number of rotatable bonds is 3. The third kappa shape index (κ3) is 2.88. The van der Waals surface area contributed by atoms with Crippen molar-refractivity contribution in [2.24, 2.45) is 5.92 Å². The van der Waals surface area contributed by atoms with E-state index in [9.17, 15) is 8.42 Å². The fourth-order valence-electron chi connectivity index (χ4n) is 2.59. The molecule has 1 aromatic heterocycles. The largest absolute Gasteiger partial charge is 0.366 e. The van der Waals surface area contributed by atoms with Crippen molar-refractivity contribution in [2.45, 2.75) is 38.6 Å². The molecule has 5 nitrogen and oxygen atoms in total. The highest BCUT2D eigenvalue weighted by atomic mass is 32.2. The predicted molar refractivity (Wildman–Crippen MR) is 74.0 cm³/mol. The van der Waals surface area contributed by atoms with E-state index < -0.39 is 9.84 Å². The Labute approximate surface area is 113 Å². The summed E-state index contributed by atoms with van der Waals surface area (Å²) >= 11 is 0. The zero-order chi connectivity index (χ0) is 13.6. The van der Waals surface area contributed by atoms with Crippen LogP contribution in [0.1, 0.15) is 37.2 Å². The van der Waals surface area contributed by atoms with E-state index in [2.05, 4.69) is 15.3 Å². The van der Waals surface area contributed by atoms with Crippen molar-refractivity contribution in [3.8, 4) is 0 Å². The molecule has 1 saturated carbocycles. The molecule has 104 valence electrons. The Bertz CT molecular complexity index is 596. The van der Waals surface area contributed by atoms with Gasteiger partial charge in [-0.15, -0.1) is 0 Å². The van der Waals surface area contributed by atoms with Crippen LogP contribution in [0.4, 0.5) is 5.82 Å². The number of nitrogens with one attached hydrogen (secondary N) is 1. The van der Waals surface area contributed by atoms with Gasteiger partial charge in [-0.1, -0.05) is 6.92 Å². The van der Waals surface area contributed by atoms with Crippen LogP contribution in [0.25, 0.3) is 0 Å². The number of aryl methyl sites for hydroxylation is 1. The van der Waals surface area contributed by atoms with E-state index in [1.165, 1.54) is 0 Å². The van der Waals surface area contributed by atoms with Gasteiger partial charge in [0.25, 0.3) is 0 Å². The van der Waals surface area contributed by atoms with E-state index in [-0.39, 0.29) is 23.5 Å². The molecule has 1 saturated heterocycles. The van der Waals surface area contributed by atoms with Gasteiger partial charge in [0.2, 0.25) is 0 Å². The third-order valence-electron chi connectivity index (χ3n) is 3.78. The van der Waals surface area contributed by atoms with Crippen LogP contribution >= 0.6 is 0 Å². The molecule has 0 radical (unpaired) electrons. The second-order valence-corrected chi connectivity index (χ2v) is 7.99. The minimum absolute atomic E-state index is 0.0358. The van der Waals surface area contributed by atoms with Gasteiger partial charge in [0.15, 0.2) is 9.84 Å². The summed E-state index contributed by atoms with van der Waals surface area (Å²) in [5, 5.41) is 3.28. The molecule has 1 aliphatic heterocycles. The van der Waals surface area contributed by atoms with E-state index in [0.717, 1.165) is 30.2 Å². The Morgan fingerprint density at radius 1 is 1.26 bits per heavy atom. The van der Waals surface area contributed by atoms with Gasteiger partial charge < -0.3 is 5.32 Å². The molecule has 0 unspecified atom stereocenters. The van der Waals surface area contributed by atoms with Crippen LogP contribution in [0, 0.1) is 12.8 Å². The molecule has 6 heteroatoms. The molecular formula is C13H19N3O2S. The highest BCUT2D eigenvalue weighted by molar-refractivity contribution is 7.91. The normalized spacial score (nSPS) is 29.4. The SMILES string of the molecule is Cc1cc(N[C@@H]2CS(=O)(=O)C[C@@H]2C)nc(C2CC2)n1. The molecule has 2 heterocycles. The highest BCUT2D eigenvalue weighted by Gasteiger charge is 2.35. The standard InChI is InChI=1S/C13H19N3O2S/c1-8-6-19(17,18)7-11(8)15-12-5-9(2)14-13(16-12)10-3-4-10/h5,8,10-11H,3-4,6-7H2,1-2H3,(H,14,15,16)/t8-,11+/m0/s1. The van der Waals surface area contributed by atoms with E-state index in [1.54, 1.807) is 0 Å². The molecular weight excluding hydrogens is 262 g/mol. The van der Waals surface area contributed by atoms with Crippen molar-refractivity contribution in [1.29, 1.82) is 0 Å². The Balaban J connectivity index is 1.79. The van der Waals surface area contributed by atoms with Crippen LogP contribution in [0.3, 0.4) is 0 Å². The number of nitrogens with zero attached hydrogens (tertiary/aromatic N) is 2. The summed E-state index contributed by atoms with van der Waals surface area (Å²) in [5.74, 6) is 2.77. The lowest BCUT2D eigenvalue weighted by Crippen LogP contribution is -2.27. The molecule has 1 aliphatic carbocycles. The average molecular weight is 281 g/mol. The number of aromatic nitrogens is 2. The summed E-state index contributed by atoms with van der Waals surface area (Å²) < 4.78 is 23.2. The molecule has 0 bridgehead atoms. The van der Waals surface area contributed by atoms with Gasteiger partial charge in [-0.2, -0.15) is 0 Å². The Morgan fingerprint density at radius 3 is 2.58 bits per heavy atom. The van der Waals surface area contributed by atoms with Crippen molar-refractivity contribution in [3.63, 3.8) is 0 Å². The van der Waals surface area contributed by atoms with Crippen LogP contribution in [0.5, 0.6) is 0 Å². The van der Waals surface area contributed by atoms with Crippen LogP contribution in [-0.4, -0.2) is 35.9 Å². The van der Waals surface area contributed by atoms with Crippen LogP contribution in [0.2, 0.25) is 0 Å². The second-order valence-electron chi connectivity index (χ2n) is 5.83. The van der Waals surface area contributed by atoms with E-state index in [0.29, 0.717) is 5.92 Å². The topological polar surface area (TPSA) is 72.0 Å². The van der Waals surface area contributed by atoms with Crippen molar-refractivity contribution >= 4 is 15.7 Å². The maximum Gasteiger partial charge on any atom is 0.152 e. The fourth-order valence-corrected chi connectivity index (χ4v) is 4.71. The quantitative estimate of drug-likeness (QED) is 0.909. The summed E-state index contributed by atoms with van der Waals surface area (Å²) in [5.41, 5.74) is 0.938. The summed E-state index contributed by atoms with van der Waals surface area (Å²) in [6.07, 6.45) is 2.33. The summed E-state index contributed by atoms with van der Waals surface area (Å²) in [4.78, 5) is 8.97. The highest BCUT2D eigenvalue weighted by Crippen LogP contribution is 2.38. The molecule has 0 amide bonds.